The molecule has 0 saturated heterocycles. The standard InChI is InChI=1S/2C12H27P.Pd/c2*1-10(2,3)13(11(4,5)6)12(7,8)9;/h2*1-9H3;/q;;-1. The van der Waals surface area contributed by atoms with E-state index in [1.807, 2.05) is 0 Å². The summed E-state index contributed by atoms with van der Waals surface area (Å²) in [6, 6.07) is 0. The minimum absolute atomic E-state index is 0. The maximum absolute atomic E-state index is 2.38. The maximum Gasteiger partial charge on any atom is -0.0170 e. The minimum atomic E-state index is 0. The summed E-state index contributed by atoms with van der Waals surface area (Å²) in [4.78, 5) is 0. The van der Waals surface area contributed by atoms with Crippen LogP contribution in [0.2, 0.25) is 0 Å². The van der Waals surface area contributed by atoms with Crippen molar-refractivity contribution in [3.63, 3.8) is 0 Å². The molecule has 0 aromatic rings. The Morgan fingerprint density at radius 2 is 0.333 bits per heavy atom. The van der Waals surface area contributed by atoms with Gasteiger partial charge in [0.2, 0.25) is 0 Å². The molecule has 0 saturated carbocycles. The van der Waals surface area contributed by atoms with Gasteiger partial charge in [-0.15, -0.1) is 0 Å². The molecule has 0 aliphatic carbocycles. The zero-order valence-corrected chi connectivity index (χ0v) is 25.6. The van der Waals surface area contributed by atoms with Crippen LogP contribution in [0.1, 0.15) is 125 Å². The molecule has 0 aromatic heterocycles. The molecule has 0 aromatic carbocycles. The molecular formula is C24H54P2Pd-. The molecule has 1 radical (unpaired) electrons. The quantitative estimate of drug-likeness (QED) is 0.225. The van der Waals surface area contributed by atoms with Crippen LogP contribution in [0.15, 0.2) is 0 Å². The van der Waals surface area contributed by atoms with Crippen molar-refractivity contribution in [1.29, 1.82) is 0 Å². The Balaban J connectivity index is -0.000000411. The van der Waals surface area contributed by atoms with Gasteiger partial charge in [-0.3, -0.25) is 0 Å². The van der Waals surface area contributed by atoms with Gasteiger partial charge in [0.05, 0.1) is 0 Å². The maximum atomic E-state index is 2.38. The van der Waals surface area contributed by atoms with Crippen LogP contribution < -0.4 is 0 Å². The smallest absolute Gasteiger partial charge is 0.0170 e. The Kier molecular flexibility index (Phi) is 12.6. The van der Waals surface area contributed by atoms with Crippen LogP contribution in [0.3, 0.4) is 0 Å². The predicted octanol–water partition coefficient (Wildman–Crippen LogP) is 9.73. The first-order chi connectivity index (χ1) is 10.7. The van der Waals surface area contributed by atoms with E-state index in [4.69, 9.17) is 0 Å². The zero-order valence-electron chi connectivity index (χ0n) is 22.2. The molecule has 0 nitrogen and oxygen atoms in total. The van der Waals surface area contributed by atoms with Gasteiger partial charge >= 0.3 is 0 Å². The van der Waals surface area contributed by atoms with Crippen molar-refractivity contribution < 1.29 is 20.4 Å². The Hall–Kier alpha value is 1.52. The van der Waals surface area contributed by atoms with E-state index in [9.17, 15) is 0 Å². The molecule has 27 heavy (non-hydrogen) atoms. The second-order valence-corrected chi connectivity index (χ2v) is 23.1. The molecule has 0 N–H and O–H groups in total. The third-order valence-corrected chi connectivity index (χ3v) is 12.1. The molecule has 0 aliphatic heterocycles. The molecule has 0 fully saturated rings. The summed E-state index contributed by atoms with van der Waals surface area (Å²) < 4.78 is 0. The van der Waals surface area contributed by atoms with E-state index in [1.54, 1.807) is 0 Å². The van der Waals surface area contributed by atoms with E-state index >= 15 is 0 Å². The third kappa shape index (κ3) is 12.7. The number of hydrogen-bond donors (Lipinski definition) is 0. The largest absolute Gasteiger partial charge is 1.00 e. The Labute approximate surface area is 191 Å². The van der Waals surface area contributed by atoms with Crippen molar-refractivity contribution in [1.82, 2.24) is 0 Å². The molecule has 3 heteroatoms. The van der Waals surface area contributed by atoms with Gasteiger partial charge in [0.1, 0.15) is 0 Å². The van der Waals surface area contributed by atoms with Crippen molar-refractivity contribution in [2.24, 2.45) is 0 Å². The fourth-order valence-corrected chi connectivity index (χ4v) is 18.1. The summed E-state index contributed by atoms with van der Waals surface area (Å²) in [5, 5.41) is 2.70. The molecule has 0 spiro atoms. The molecule has 0 aliphatic rings. The first kappa shape index (κ1) is 33.2. The van der Waals surface area contributed by atoms with Gasteiger partial charge in [0.25, 0.3) is 0 Å². The fourth-order valence-electron chi connectivity index (χ4n) is 6.04. The zero-order chi connectivity index (χ0) is 22.2. The number of rotatable bonds is 0. The second-order valence-electron chi connectivity index (χ2n) is 13.7. The van der Waals surface area contributed by atoms with Gasteiger partial charge in [-0.05, 0) is 30.9 Å². The summed E-state index contributed by atoms with van der Waals surface area (Å²) in [6.07, 6.45) is 0. The van der Waals surface area contributed by atoms with Gasteiger partial charge in [-0.1, -0.05) is 140 Å². The Morgan fingerprint density at radius 3 is 0.333 bits per heavy atom. The average molecular weight is 511 g/mol. The second kappa shape index (κ2) is 10.2. The normalized spacial score (nSPS) is 14.7. The van der Waals surface area contributed by atoms with Gasteiger partial charge in [-0.2, -0.15) is 0 Å². The molecule has 0 atom stereocenters. The van der Waals surface area contributed by atoms with Crippen molar-refractivity contribution >= 4 is 15.8 Å². The van der Waals surface area contributed by atoms with E-state index in [0.29, 0.717) is 30.9 Å². The summed E-state index contributed by atoms with van der Waals surface area (Å²) in [5.41, 5.74) is 0. The van der Waals surface area contributed by atoms with Crippen LogP contribution in [0.25, 0.3) is 0 Å². The average Bonchev–Trinajstić information content (AvgIpc) is 1.97. The molecule has 0 rings (SSSR count). The number of hydrogen-bond acceptors (Lipinski definition) is 0. The van der Waals surface area contributed by atoms with Gasteiger partial charge in [0.15, 0.2) is 0 Å². The molecule has 0 bridgehead atoms. The van der Waals surface area contributed by atoms with E-state index in [2.05, 4.69) is 125 Å². The van der Waals surface area contributed by atoms with Gasteiger partial charge < -0.3 is 20.4 Å². The molecule has 0 unspecified atom stereocenters. The SMILES string of the molecule is CC(C)(C)P(C(C)(C)C)C(C)(C)C.CC(C)(C)P(C(C)(C)C)C(C)(C)C.[Pd-]. The van der Waals surface area contributed by atoms with E-state index < -0.39 is 0 Å². The molecule has 0 heterocycles. The van der Waals surface area contributed by atoms with E-state index in [-0.39, 0.29) is 36.3 Å². The van der Waals surface area contributed by atoms with Crippen LogP contribution in [0.4, 0.5) is 0 Å². The van der Waals surface area contributed by atoms with Gasteiger partial charge in [0, 0.05) is 0 Å². The molecular weight excluding hydrogens is 457 g/mol. The predicted molar refractivity (Wildman–Crippen MR) is 132 cm³/mol. The van der Waals surface area contributed by atoms with Crippen molar-refractivity contribution in [2.45, 2.75) is 156 Å². The Bertz CT molecular complexity index is 304. The van der Waals surface area contributed by atoms with Crippen molar-refractivity contribution in [2.75, 3.05) is 0 Å². The van der Waals surface area contributed by atoms with E-state index in [0.717, 1.165) is 0 Å². The molecule has 171 valence electrons. The van der Waals surface area contributed by atoms with Crippen LogP contribution in [0.5, 0.6) is 0 Å². The van der Waals surface area contributed by atoms with Crippen LogP contribution in [-0.2, 0) is 20.4 Å². The van der Waals surface area contributed by atoms with Crippen LogP contribution >= 0.6 is 15.8 Å². The summed E-state index contributed by atoms with van der Waals surface area (Å²) in [5.74, 6) is 0. The van der Waals surface area contributed by atoms with Crippen LogP contribution in [0, 0.1) is 0 Å². The van der Waals surface area contributed by atoms with Gasteiger partial charge in [-0.25, -0.2) is 0 Å². The fraction of sp³-hybridized carbons (Fsp3) is 1.00. The van der Waals surface area contributed by atoms with Crippen molar-refractivity contribution in [3.8, 4) is 0 Å². The van der Waals surface area contributed by atoms with E-state index in [1.165, 1.54) is 0 Å². The van der Waals surface area contributed by atoms with Crippen LogP contribution in [-0.4, -0.2) is 30.9 Å². The first-order valence-electron chi connectivity index (χ1n) is 10.3. The first-order valence-corrected chi connectivity index (χ1v) is 13.0. The minimum Gasteiger partial charge on any atom is -1.00 e. The Morgan fingerprint density at radius 1 is 0.259 bits per heavy atom. The van der Waals surface area contributed by atoms with Crippen molar-refractivity contribution in [3.05, 3.63) is 0 Å². The summed E-state index contributed by atoms with van der Waals surface area (Å²) in [6.45, 7) is 42.9. The topological polar surface area (TPSA) is 0 Å². The monoisotopic (exact) mass is 510 g/mol. The summed E-state index contributed by atoms with van der Waals surface area (Å²) in [7, 11) is 0.0324. The molecule has 0 amide bonds. The summed E-state index contributed by atoms with van der Waals surface area (Å²) >= 11 is 0. The third-order valence-electron chi connectivity index (χ3n) is 4.02.